The van der Waals surface area contributed by atoms with Gasteiger partial charge in [-0.15, -0.1) is 0 Å². The smallest absolute Gasteiger partial charge is 0.207 e. The summed E-state index contributed by atoms with van der Waals surface area (Å²) in [4.78, 5) is -0.166. The lowest BCUT2D eigenvalue weighted by molar-refractivity contribution is 0.475. The van der Waals surface area contributed by atoms with Gasteiger partial charge in [0.15, 0.2) is 0 Å². The van der Waals surface area contributed by atoms with Gasteiger partial charge in [-0.2, -0.15) is 0 Å². The Hall–Kier alpha value is -2.99. The standard InChI is InChI=1S/C24H16Cl2O4S/c25-23-17(27)11-13-19(21(23)15-7-3-1-4-8-15)31(29,30)20-14-12-18(28)24(26)22(20)16-9-5-2-6-10-16/h1-14,27-28H. The molecule has 2 N–H and O–H groups in total. The fraction of sp³-hybridized carbons (Fsp3) is 0. The molecule has 0 atom stereocenters. The van der Waals surface area contributed by atoms with Crippen LogP contribution < -0.4 is 0 Å². The molecule has 0 aliphatic heterocycles. The first-order chi connectivity index (χ1) is 14.8. The molecule has 0 amide bonds. The Kier molecular flexibility index (Phi) is 5.67. The summed E-state index contributed by atoms with van der Waals surface area (Å²) < 4.78 is 27.7. The number of phenols is 2. The molecule has 4 rings (SSSR count). The molecule has 0 aliphatic carbocycles. The molecule has 0 fully saturated rings. The highest BCUT2D eigenvalue weighted by atomic mass is 35.5. The van der Waals surface area contributed by atoms with E-state index in [0.717, 1.165) is 0 Å². The maximum Gasteiger partial charge on any atom is 0.207 e. The largest absolute Gasteiger partial charge is 0.506 e. The first kappa shape index (κ1) is 21.2. The van der Waals surface area contributed by atoms with Gasteiger partial charge in [-0.3, -0.25) is 0 Å². The van der Waals surface area contributed by atoms with Gasteiger partial charge in [0.2, 0.25) is 9.84 Å². The average molecular weight is 471 g/mol. The van der Waals surface area contributed by atoms with Crippen molar-refractivity contribution in [3.05, 3.63) is 95.0 Å². The van der Waals surface area contributed by atoms with Gasteiger partial charge >= 0.3 is 0 Å². The Labute approximate surface area is 189 Å². The van der Waals surface area contributed by atoms with Gasteiger partial charge in [0, 0.05) is 11.1 Å². The normalized spacial score (nSPS) is 11.4. The van der Waals surface area contributed by atoms with Crippen LogP contribution >= 0.6 is 23.2 Å². The predicted molar refractivity (Wildman–Crippen MR) is 123 cm³/mol. The molecule has 156 valence electrons. The topological polar surface area (TPSA) is 74.6 Å². The zero-order valence-corrected chi connectivity index (χ0v) is 18.3. The minimum Gasteiger partial charge on any atom is -0.506 e. The molecular formula is C24H16Cl2O4S. The first-order valence-electron chi connectivity index (χ1n) is 9.21. The van der Waals surface area contributed by atoms with Crippen molar-refractivity contribution >= 4 is 33.0 Å². The Morgan fingerprint density at radius 1 is 0.548 bits per heavy atom. The second-order valence-electron chi connectivity index (χ2n) is 6.78. The third-order valence-corrected chi connectivity index (χ3v) is 7.47. The third kappa shape index (κ3) is 3.76. The molecular weight excluding hydrogens is 455 g/mol. The van der Waals surface area contributed by atoms with E-state index in [4.69, 9.17) is 23.2 Å². The van der Waals surface area contributed by atoms with E-state index < -0.39 is 9.84 Å². The van der Waals surface area contributed by atoms with Crippen LogP contribution in [0.2, 0.25) is 10.0 Å². The summed E-state index contributed by atoms with van der Waals surface area (Å²) in [6.45, 7) is 0. The lowest BCUT2D eigenvalue weighted by atomic mass is 10.1. The van der Waals surface area contributed by atoms with Gasteiger partial charge in [-0.05, 0) is 35.4 Å². The minimum absolute atomic E-state index is 0.0709. The molecule has 4 nitrogen and oxygen atoms in total. The second kappa shape index (κ2) is 8.27. The van der Waals surface area contributed by atoms with Crippen LogP contribution in [0.5, 0.6) is 11.5 Å². The van der Waals surface area contributed by atoms with E-state index in [1.165, 1.54) is 24.3 Å². The molecule has 0 heterocycles. The van der Waals surface area contributed by atoms with E-state index in [1.807, 2.05) is 0 Å². The van der Waals surface area contributed by atoms with Crippen molar-refractivity contribution in [2.45, 2.75) is 9.79 Å². The van der Waals surface area contributed by atoms with Gasteiger partial charge in [0.05, 0.1) is 19.8 Å². The van der Waals surface area contributed by atoms with Crippen LogP contribution in [0.1, 0.15) is 0 Å². The fourth-order valence-corrected chi connectivity index (χ4v) is 5.78. The summed E-state index contributed by atoms with van der Waals surface area (Å²) in [5.41, 5.74) is 1.44. The zero-order chi connectivity index (χ0) is 22.2. The van der Waals surface area contributed by atoms with Crippen molar-refractivity contribution in [3.63, 3.8) is 0 Å². The number of halogens is 2. The summed E-state index contributed by atoms with van der Waals surface area (Å²) in [6, 6.07) is 22.5. The van der Waals surface area contributed by atoms with Crippen molar-refractivity contribution in [1.82, 2.24) is 0 Å². The number of hydrogen-bond acceptors (Lipinski definition) is 4. The maximum absolute atomic E-state index is 13.9. The highest BCUT2D eigenvalue weighted by Gasteiger charge is 2.29. The molecule has 0 bridgehead atoms. The van der Waals surface area contributed by atoms with E-state index in [2.05, 4.69) is 0 Å². The summed E-state index contributed by atoms with van der Waals surface area (Å²) in [5, 5.41) is 20.2. The molecule has 31 heavy (non-hydrogen) atoms. The van der Waals surface area contributed by atoms with Crippen molar-refractivity contribution < 1.29 is 18.6 Å². The first-order valence-corrected chi connectivity index (χ1v) is 11.4. The van der Waals surface area contributed by atoms with Crippen molar-refractivity contribution in [3.8, 4) is 33.8 Å². The molecule has 0 saturated carbocycles. The average Bonchev–Trinajstić information content (AvgIpc) is 2.78. The summed E-state index contributed by atoms with van der Waals surface area (Å²) in [5.74, 6) is -0.460. The van der Waals surface area contributed by atoms with Crippen LogP contribution in [-0.2, 0) is 9.84 Å². The van der Waals surface area contributed by atoms with Crippen LogP contribution in [0.25, 0.3) is 22.3 Å². The zero-order valence-electron chi connectivity index (χ0n) is 16.0. The molecule has 0 aromatic heterocycles. The Balaban J connectivity index is 2.05. The van der Waals surface area contributed by atoms with Gasteiger partial charge in [0.25, 0.3) is 0 Å². The number of hydrogen-bond donors (Lipinski definition) is 2. The molecule has 0 saturated heterocycles. The minimum atomic E-state index is -4.17. The van der Waals surface area contributed by atoms with Crippen LogP contribution in [-0.4, -0.2) is 18.6 Å². The van der Waals surface area contributed by atoms with Gasteiger partial charge in [-0.1, -0.05) is 83.9 Å². The molecule has 0 unspecified atom stereocenters. The quantitative estimate of drug-likeness (QED) is 0.353. The van der Waals surface area contributed by atoms with E-state index in [-0.39, 0.29) is 42.5 Å². The van der Waals surface area contributed by atoms with Crippen LogP contribution in [0.4, 0.5) is 0 Å². The lowest BCUT2D eigenvalue weighted by Crippen LogP contribution is -2.07. The van der Waals surface area contributed by atoms with Gasteiger partial charge in [-0.25, -0.2) is 8.42 Å². The summed E-state index contributed by atoms with van der Waals surface area (Å²) in [6.07, 6.45) is 0. The number of phenolic OH excluding ortho intramolecular Hbond substituents is 2. The molecule has 7 heteroatoms. The van der Waals surface area contributed by atoms with Gasteiger partial charge in [0.1, 0.15) is 11.5 Å². The van der Waals surface area contributed by atoms with Crippen molar-refractivity contribution in [1.29, 1.82) is 0 Å². The van der Waals surface area contributed by atoms with Gasteiger partial charge < -0.3 is 10.2 Å². The number of sulfone groups is 1. The lowest BCUT2D eigenvalue weighted by Gasteiger charge is -2.17. The Morgan fingerprint density at radius 3 is 1.26 bits per heavy atom. The highest BCUT2D eigenvalue weighted by molar-refractivity contribution is 7.91. The van der Waals surface area contributed by atoms with Crippen LogP contribution in [0, 0.1) is 0 Å². The summed E-state index contributed by atoms with van der Waals surface area (Å²) >= 11 is 12.7. The fourth-order valence-electron chi connectivity index (χ4n) is 3.41. The van der Waals surface area contributed by atoms with Crippen LogP contribution in [0.3, 0.4) is 0 Å². The number of benzene rings is 4. The maximum atomic E-state index is 13.9. The SMILES string of the molecule is O=S(=O)(c1ccc(O)c(Cl)c1-c1ccccc1)c1ccc(O)c(Cl)c1-c1ccccc1. The van der Waals surface area contributed by atoms with Crippen LogP contribution in [0.15, 0.2) is 94.7 Å². The van der Waals surface area contributed by atoms with Crippen molar-refractivity contribution in [2.24, 2.45) is 0 Å². The van der Waals surface area contributed by atoms with E-state index in [0.29, 0.717) is 11.1 Å². The third-order valence-electron chi connectivity index (χ3n) is 4.87. The molecule has 4 aromatic rings. The summed E-state index contributed by atoms with van der Waals surface area (Å²) in [7, 11) is -4.17. The van der Waals surface area contributed by atoms with Crippen molar-refractivity contribution in [2.75, 3.05) is 0 Å². The predicted octanol–water partition coefficient (Wildman–Crippen LogP) is 6.57. The van der Waals surface area contributed by atoms with E-state index >= 15 is 0 Å². The second-order valence-corrected chi connectivity index (χ2v) is 9.42. The highest BCUT2D eigenvalue weighted by Crippen LogP contribution is 2.45. The van der Waals surface area contributed by atoms with E-state index in [9.17, 15) is 18.6 Å². The monoisotopic (exact) mass is 470 g/mol. The Morgan fingerprint density at radius 2 is 0.903 bits per heavy atom. The Bertz CT molecular complexity index is 1270. The molecule has 4 aromatic carbocycles. The van der Waals surface area contributed by atoms with E-state index in [1.54, 1.807) is 60.7 Å². The molecule has 0 radical (unpaired) electrons. The number of aromatic hydroxyl groups is 2. The molecule has 0 aliphatic rings. The molecule has 0 spiro atoms. The number of rotatable bonds is 4.